The zero-order chi connectivity index (χ0) is 11.2. The van der Waals surface area contributed by atoms with E-state index in [-0.39, 0.29) is 30.7 Å². The normalized spacial score (nSPS) is 10.5. The standard InChI is InChI=1S/C9H16O4S.H3N/c1-4-7-14(11,12)13-6-5-9(10)8(2)3;/h2,4-7H2,1,3H3;1H3. The number of hydrogen-bond donors (Lipinski definition) is 1. The predicted molar refractivity (Wildman–Crippen MR) is 59.5 cm³/mol. The summed E-state index contributed by atoms with van der Waals surface area (Å²) in [6.07, 6.45) is 0.578. The van der Waals surface area contributed by atoms with Gasteiger partial charge in [-0.1, -0.05) is 13.5 Å². The molecule has 0 rings (SSSR count). The molecule has 0 aliphatic rings. The highest BCUT2D eigenvalue weighted by Crippen LogP contribution is 2.00. The molecule has 15 heavy (non-hydrogen) atoms. The molecule has 0 aromatic carbocycles. The number of allylic oxidation sites excluding steroid dienone is 1. The summed E-state index contributed by atoms with van der Waals surface area (Å²) in [6, 6.07) is 0. The Labute approximate surface area is 91.2 Å². The van der Waals surface area contributed by atoms with Crippen molar-refractivity contribution in [1.82, 2.24) is 6.15 Å². The average Bonchev–Trinajstić information content (AvgIpc) is 2.03. The lowest BCUT2D eigenvalue weighted by molar-refractivity contribution is -0.115. The lowest BCUT2D eigenvalue weighted by atomic mass is 10.2. The van der Waals surface area contributed by atoms with Crippen LogP contribution in [0.4, 0.5) is 0 Å². The Morgan fingerprint density at radius 2 is 1.93 bits per heavy atom. The largest absolute Gasteiger partial charge is 0.344 e. The van der Waals surface area contributed by atoms with E-state index in [0.29, 0.717) is 12.0 Å². The van der Waals surface area contributed by atoms with Gasteiger partial charge in [-0.25, -0.2) is 0 Å². The summed E-state index contributed by atoms with van der Waals surface area (Å²) in [5, 5.41) is 0. The maximum Gasteiger partial charge on any atom is 0.267 e. The predicted octanol–water partition coefficient (Wildman–Crippen LogP) is 1.44. The highest BCUT2D eigenvalue weighted by Gasteiger charge is 2.10. The molecule has 0 bridgehead atoms. The van der Waals surface area contributed by atoms with Crippen molar-refractivity contribution >= 4 is 15.9 Å². The Bertz CT molecular complexity index is 308. The summed E-state index contributed by atoms with van der Waals surface area (Å²) in [7, 11) is -3.43. The van der Waals surface area contributed by atoms with E-state index in [1.54, 1.807) is 13.8 Å². The molecule has 5 nitrogen and oxygen atoms in total. The first-order valence-corrected chi connectivity index (χ1v) is 6.02. The molecular weight excluding hydrogens is 218 g/mol. The van der Waals surface area contributed by atoms with Crippen LogP contribution in [0, 0.1) is 0 Å². The molecule has 6 heteroatoms. The van der Waals surface area contributed by atoms with Crippen LogP contribution in [0.1, 0.15) is 26.7 Å². The van der Waals surface area contributed by atoms with Crippen molar-refractivity contribution in [1.29, 1.82) is 0 Å². The van der Waals surface area contributed by atoms with Gasteiger partial charge in [0.15, 0.2) is 5.78 Å². The van der Waals surface area contributed by atoms with E-state index in [0.717, 1.165) is 0 Å². The number of rotatable bonds is 7. The molecule has 0 spiro atoms. The van der Waals surface area contributed by atoms with Gasteiger partial charge in [0.05, 0.1) is 12.4 Å². The minimum atomic E-state index is -3.43. The van der Waals surface area contributed by atoms with Crippen molar-refractivity contribution in [2.24, 2.45) is 0 Å². The second-order valence-corrected chi connectivity index (χ2v) is 4.80. The maximum atomic E-state index is 11.0. The van der Waals surface area contributed by atoms with E-state index >= 15 is 0 Å². The van der Waals surface area contributed by atoms with E-state index in [4.69, 9.17) is 0 Å². The van der Waals surface area contributed by atoms with Crippen LogP contribution in [0.5, 0.6) is 0 Å². The molecule has 0 atom stereocenters. The van der Waals surface area contributed by atoms with Crippen LogP contribution in [0.15, 0.2) is 12.2 Å². The minimum Gasteiger partial charge on any atom is -0.344 e. The van der Waals surface area contributed by atoms with Crippen LogP contribution in [0.25, 0.3) is 0 Å². The zero-order valence-electron chi connectivity index (χ0n) is 9.28. The highest BCUT2D eigenvalue weighted by atomic mass is 32.2. The third kappa shape index (κ3) is 8.29. The molecule has 90 valence electrons. The zero-order valence-corrected chi connectivity index (χ0v) is 10.1. The topological polar surface area (TPSA) is 95.4 Å². The first-order valence-electron chi connectivity index (χ1n) is 4.45. The Balaban J connectivity index is 0. The molecule has 0 aromatic heterocycles. The number of ketones is 1. The Kier molecular flexibility index (Phi) is 8.41. The number of carbonyl (C=O) groups excluding carboxylic acids is 1. The summed E-state index contributed by atoms with van der Waals surface area (Å²) < 4.78 is 26.7. The molecule has 0 fully saturated rings. The van der Waals surface area contributed by atoms with Crippen molar-refractivity contribution in [3.8, 4) is 0 Å². The van der Waals surface area contributed by atoms with Crippen LogP contribution in [-0.4, -0.2) is 26.6 Å². The van der Waals surface area contributed by atoms with Gasteiger partial charge in [0.1, 0.15) is 0 Å². The van der Waals surface area contributed by atoms with Gasteiger partial charge in [-0.2, -0.15) is 8.42 Å². The van der Waals surface area contributed by atoms with Crippen LogP contribution in [-0.2, 0) is 19.1 Å². The molecular formula is C9H19NO4S. The second-order valence-electron chi connectivity index (χ2n) is 3.04. The van der Waals surface area contributed by atoms with Crippen LogP contribution >= 0.6 is 0 Å². The monoisotopic (exact) mass is 237 g/mol. The molecule has 0 heterocycles. The minimum absolute atomic E-state index is 0. The van der Waals surface area contributed by atoms with Crippen molar-refractivity contribution in [3.63, 3.8) is 0 Å². The fourth-order valence-electron chi connectivity index (χ4n) is 0.784. The summed E-state index contributed by atoms with van der Waals surface area (Å²) in [6.45, 7) is 6.70. The van der Waals surface area contributed by atoms with Gasteiger partial charge in [0.2, 0.25) is 0 Å². The van der Waals surface area contributed by atoms with Gasteiger partial charge < -0.3 is 6.15 Å². The lowest BCUT2D eigenvalue weighted by Crippen LogP contribution is -2.13. The fourth-order valence-corrected chi connectivity index (χ4v) is 1.74. The molecule has 0 aromatic rings. The molecule has 0 radical (unpaired) electrons. The summed E-state index contributed by atoms with van der Waals surface area (Å²) in [5.74, 6) is -0.175. The first kappa shape index (κ1) is 16.7. The molecule has 0 saturated carbocycles. The molecule has 0 aliphatic carbocycles. The Morgan fingerprint density at radius 3 is 2.33 bits per heavy atom. The van der Waals surface area contributed by atoms with Crippen LogP contribution < -0.4 is 6.15 Å². The van der Waals surface area contributed by atoms with Gasteiger partial charge >= 0.3 is 0 Å². The Hall–Kier alpha value is -0.720. The van der Waals surface area contributed by atoms with Gasteiger partial charge in [0, 0.05) is 6.42 Å². The molecule has 3 N–H and O–H groups in total. The maximum absolute atomic E-state index is 11.0. The van der Waals surface area contributed by atoms with E-state index in [9.17, 15) is 13.2 Å². The van der Waals surface area contributed by atoms with Crippen LogP contribution in [0.2, 0.25) is 0 Å². The SMILES string of the molecule is C=C(C)C(=O)CCOS(=O)(=O)CCC.N. The van der Waals surface area contributed by atoms with Gasteiger partial charge in [-0.15, -0.1) is 0 Å². The smallest absolute Gasteiger partial charge is 0.267 e. The molecule has 0 aliphatic heterocycles. The van der Waals surface area contributed by atoms with Crippen molar-refractivity contribution in [3.05, 3.63) is 12.2 Å². The van der Waals surface area contributed by atoms with Gasteiger partial charge in [0.25, 0.3) is 10.1 Å². The second kappa shape index (κ2) is 7.56. The quantitative estimate of drug-likeness (QED) is 0.534. The number of carbonyl (C=O) groups is 1. The van der Waals surface area contributed by atoms with Gasteiger partial charge in [-0.3, -0.25) is 8.98 Å². The van der Waals surface area contributed by atoms with E-state index in [2.05, 4.69) is 10.8 Å². The van der Waals surface area contributed by atoms with Crippen LogP contribution in [0.3, 0.4) is 0 Å². The molecule has 0 saturated heterocycles. The first-order chi connectivity index (χ1) is 6.39. The lowest BCUT2D eigenvalue weighted by Gasteiger charge is -2.03. The summed E-state index contributed by atoms with van der Waals surface area (Å²) in [5.41, 5.74) is 0.418. The van der Waals surface area contributed by atoms with Crippen molar-refractivity contribution in [2.45, 2.75) is 26.7 Å². The molecule has 0 unspecified atom stereocenters. The van der Waals surface area contributed by atoms with E-state index < -0.39 is 10.1 Å². The van der Waals surface area contributed by atoms with E-state index in [1.165, 1.54) is 0 Å². The summed E-state index contributed by atoms with van der Waals surface area (Å²) in [4.78, 5) is 11.0. The summed E-state index contributed by atoms with van der Waals surface area (Å²) >= 11 is 0. The van der Waals surface area contributed by atoms with Crippen molar-refractivity contribution < 1.29 is 17.4 Å². The Morgan fingerprint density at radius 1 is 1.40 bits per heavy atom. The molecule has 0 amide bonds. The third-order valence-corrected chi connectivity index (χ3v) is 2.96. The average molecular weight is 237 g/mol. The number of Topliss-reactive ketones (excluding diaryl/α,β-unsaturated/α-hetero) is 1. The fraction of sp³-hybridized carbons (Fsp3) is 0.667. The number of hydrogen-bond acceptors (Lipinski definition) is 5. The van der Waals surface area contributed by atoms with Crippen molar-refractivity contribution in [2.75, 3.05) is 12.4 Å². The van der Waals surface area contributed by atoms with Gasteiger partial charge in [-0.05, 0) is 18.9 Å². The van der Waals surface area contributed by atoms with E-state index in [1.807, 2.05) is 0 Å². The highest BCUT2D eigenvalue weighted by molar-refractivity contribution is 7.86. The third-order valence-electron chi connectivity index (χ3n) is 1.52.